The Morgan fingerprint density at radius 1 is 1.31 bits per heavy atom. The Kier molecular flexibility index (Phi) is 3.82. The lowest BCUT2D eigenvalue weighted by atomic mass is 10.1. The molecule has 1 heterocycles. The van der Waals surface area contributed by atoms with E-state index in [9.17, 15) is 4.79 Å². The van der Waals surface area contributed by atoms with E-state index in [1.807, 2.05) is 4.90 Å². The molecule has 2 aliphatic rings. The van der Waals surface area contributed by atoms with Crippen LogP contribution in [-0.2, 0) is 4.79 Å². The van der Waals surface area contributed by atoms with E-state index in [4.69, 9.17) is 5.73 Å². The van der Waals surface area contributed by atoms with Crippen LogP contribution in [0.4, 0.5) is 0 Å². The van der Waals surface area contributed by atoms with Crippen molar-refractivity contribution in [3.8, 4) is 0 Å². The Balaban J connectivity index is 1.77. The summed E-state index contributed by atoms with van der Waals surface area (Å²) in [6.45, 7) is 5.49. The van der Waals surface area contributed by atoms with Gasteiger partial charge in [0.05, 0.1) is 6.54 Å². The maximum absolute atomic E-state index is 12.1. The van der Waals surface area contributed by atoms with Gasteiger partial charge in [0.1, 0.15) is 0 Å². The maximum atomic E-state index is 12.1. The van der Waals surface area contributed by atoms with Crippen LogP contribution in [0.15, 0.2) is 0 Å². The minimum atomic E-state index is 0.306. The molecule has 1 saturated heterocycles. The Labute approximate surface area is 97.8 Å². The second-order valence-corrected chi connectivity index (χ2v) is 5.02. The van der Waals surface area contributed by atoms with Crippen molar-refractivity contribution in [2.75, 3.05) is 26.2 Å². The summed E-state index contributed by atoms with van der Waals surface area (Å²) >= 11 is 0. The van der Waals surface area contributed by atoms with Crippen LogP contribution in [0.3, 0.4) is 0 Å². The topological polar surface area (TPSA) is 49.6 Å². The Morgan fingerprint density at radius 2 is 1.94 bits per heavy atom. The van der Waals surface area contributed by atoms with Gasteiger partial charge in [0.2, 0.25) is 5.91 Å². The number of carbonyl (C=O) groups is 1. The first-order valence-electron chi connectivity index (χ1n) is 6.48. The molecule has 0 atom stereocenters. The third-order valence-corrected chi connectivity index (χ3v) is 3.64. The van der Waals surface area contributed by atoms with Crippen molar-refractivity contribution in [3.63, 3.8) is 0 Å². The summed E-state index contributed by atoms with van der Waals surface area (Å²) in [5.74, 6) is 0.306. The third-order valence-electron chi connectivity index (χ3n) is 3.64. The first-order chi connectivity index (χ1) is 7.70. The number of rotatable bonds is 4. The molecule has 2 rings (SSSR count). The molecule has 0 bridgehead atoms. The summed E-state index contributed by atoms with van der Waals surface area (Å²) in [6, 6.07) is 0.890. The van der Waals surface area contributed by atoms with Gasteiger partial charge in [-0.15, -0.1) is 0 Å². The van der Waals surface area contributed by atoms with Gasteiger partial charge in [-0.25, -0.2) is 0 Å². The summed E-state index contributed by atoms with van der Waals surface area (Å²) in [4.78, 5) is 16.3. The van der Waals surface area contributed by atoms with E-state index in [0.29, 0.717) is 24.5 Å². The molecular formula is C12H23N3O. The van der Waals surface area contributed by atoms with E-state index in [0.717, 1.165) is 32.5 Å². The molecule has 2 fully saturated rings. The number of likely N-dealkylation sites (N-methyl/N-ethyl adjacent to an activating group) is 1. The quantitative estimate of drug-likeness (QED) is 0.754. The van der Waals surface area contributed by atoms with E-state index in [2.05, 4.69) is 11.8 Å². The second kappa shape index (κ2) is 5.15. The maximum Gasteiger partial charge on any atom is 0.236 e. The third kappa shape index (κ3) is 2.95. The SMILES string of the molecule is CCN(C(=O)CN1CCC(N)CC1)C1CC1. The summed E-state index contributed by atoms with van der Waals surface area (Å²) in [7, 11) is 0. The van der Waals surface area contributed by atoms with E-state index in [-0.39, 0.29) is 0 Å². The molecule has 4 heteroatoms. The normalized spacial score (nSPS) is 23.4. The number of amides is 1. The van der Waals surface area contributed by atoms with Gasteiger partial charge in [0.25, 0.3) is 0 Å². The van der Waals surface area contributed by atoms with E-state index >= 15 is 0 Å². The van der Waals surface area contributed by atoms with Crippen LogP contribution in [0.1, 0.15) is 32.6 Å². The largest absolute Gasteiger partial charge is 0.339 e. The predicted molar refractivity (Wildman–Crippen MR) is 64.1 cm³/mol. The van der Waals surface area contributed by atoms with Gasteiger partial charge >= 0.3 is 0 Å². The van der Waals surface area contributed by atoms with Crippen LogP contribution < -0.4 is 5.73 Å². The summed E-state index contributed by atoms with van der Waals surface area (Å²) in [5, 5.41) is 0. The Bertz CT molecular complexity index is 245. The standard InChI is InChI=1S/C12H23N3O/c1-2-15(11-3-4-11)12(16)9-14-7-5-10(13)6-8-14/h10-11H,2-9,13H2,1H3. The molecule has 92 valence electrons. The minimum absolute atomic E-state index is 0.306. The average Bonchev–Trinajstić information content (AvgIpc) is 3.07. The molecule has 0 spiro atoms. The number of hydrogen-bond donors (Lipinski definition) is 1. The number of carbonyl (C=O) groups excluding carboxylic acids is 1. The van der Waals surface area contributed by atoms with E-state index in [1.165, 1.54) is 12.8 Å². The molecule has 0 radical (unpaired) electrons. The van der Waals surface area contributed by atoms with Crippen molar-refractivity contribution in [1.82, 2.24) is 9.80 Å². The zero-order chi connectivity index (χ0) is 11.5. The number of nitrogens with two attached hydrogens (primary N) is 1. The molecule has 16 heavy (non-hydrogen) atoms. The van der Waals surface area contributed by atoms with Crippen molar-refractivity contribution in [1.29, 1.82) is 0 Å². The summed E-state index contributed by atoms with van der Waals surface area (Å²) in [6.07, 6.45) is 4.46. The molecule has 1 aliphatic heterocycles. The minimum Gasteiger partial charge on any atom is -0.339 e. The van der Waals surface area contributed by atoms with Crippen molar-refractivity contribution >= 4 is 5.91 Å². The number of nitrogens with zero attached hydrogens (tertiary/aromatic N) is 2. The second-order valence-electron chi connectivity index (χ2n) is 5.02. The molecule has 0 unspecified atom stereocenters. The monoisotopic (exact) mass is 225 g/mol. The van der Waals surface area contributed by atoms with Crippen LogP contribution in [0.2, 0.25) is 0 Å². The van der Waals surface area contributed by atoms with E-state index < -0.39 is 0 Å². The van der Waals surface area contributed by atoms with Crippen LogP contribution in [0.5, 0.6) is 0 Å². The number of likely N-dealkylation sites (tertiary alicyclic amines) is 1. The highest BCUT2D eigenvalue weighted by molar-refractivity contribution is 5.78. The first-order valence-corrected chi connectivity index (χ1v) is 6.48. The van der Waals surface area contributed by atoms with Crippen LogP contribution in [0.25, 0.3) is 0 Å². The zero-order valence-electron chi connectivity index (χ0n) is 10.2. The van der Waals surface area contributed by atoms with Gasteiger partial charge in [0.15, 0.2) is 0 Å². The molecule has 4 nitrogen and oxygen atoms in total. The number of piperidine rings is 1. The molecule has 2 N–H and O–H groups in total. The highest BCUT2D eigenvalue weighted by Crippen LogP contribution is 2.26. The fourth-order valence-electron chi connectivity index (χ4n) is 2.42. The molecule has 1 saturated carbocycles. The first kappa shape index (κ1) is 11.9. The molecule has 1 amide bonds. The Morgan fingerprint density at radius 3 is 2.44 bits per heavy atom. The zero-order valence-corrected chi connectivity index (χ0v) is 10.2. The van der Waals surface area contributed by atoms with Gasteiger partial charge < -0.3 is 10.6 Å². The van der Waals surface area contributed by atoms with Crippen molar-refractivity contribution in [2.24, 2.45) is 5.73 Å². The van der Waals surface area contributed by atoms with Crippen LogP contribution in [-0.4, -0.2) is 54.0 Å². The number of hydrogen-bond acceptors (Lipinski definition) is 3. The fraction of sp³-hybridized carbons (Fsp3) is 0.917. The molecule has 0 aromatic rings. The lowest BCUT2D eigenvalue weighted by molar-refractivity contribution is -0.133. The van der Waals surface area contributed by atoms with Gasteiger partial charge in [-0.3, -0.25) is 9.69 Å². The average molecular weight is 225 g/mol. The molecular weight excluding hydrogens is 202 g/mol. The van der Waals surface area contributed by atoms with Crippen LogP contribution >= 0.6 is 0 Å². The predicted octanol–water partition coefficient (Wildman–Crippen LogP) is 0.420. The fourth-order valence-corrected chi connectivity index (χ4v) is 2.42. The van der Waals surface area contributed by atoms with Crippen LogP contribution in [0, 0.1) is 0 Å². The van der Waals surface area contributed by atoms with Gasteiger partial charge in [-0.2, -0.15) is 0 Å². The smallest absolute Gasteiger partial charge is 0.236 e. The van der Waals surface area contributed by atoms with Crippen molar-refractivity contribution < 1.29 is 4.79 Å². The summed E-state index contributed by atoms with van der Waals surface area (Å²) in [5.41, 5.74) is 5.85. The van der Waals surface area contributed by atoms with Gasteiger partial charge in [-0.1, -0.05) is 0 Å². The van der Waals surface area contributed by atoms with Gasteiger partial charge in [0, 0.05) is 31.7 Å². The summed E-state index contributed by atoms with van der Waals surface area (Å²) < 4.78 is 0. The van der Waals surface area contributed by atoms with Gasteiger partial charge in [-0.05, 0) is 32.6 Å². The Hall–Kier alpha value is -0.610. The molecule has 0 aromatic heterocycles. The highest BCUT2D eigenvalue weighted by atomic mass is 16.2. The molecule has 1 aliphatic carbocycles. The van der Waals surface area contributed by atoms with E-state index in [1.54, 1.807) is 0 Å². The lowest BCUT2D eigenvalue weighted by Gasteiger charge is -2.31. The highest BCUT2D eigenvalue weighted by Gasteiger charge is 2.32. The van der Waals surface area contributed by atoms with Crippen molar-refractivity contribution in [3.05, 3.63) is 0 Å². The van der Waals surface area contributed by atoms with Crippen molar-refractivity contribution in [2.45, 2.75) is 44.7 Å². The lowest BCUT2D eigenvalue weighted by Crippen LogP contribution is -2.46. The molecule has 0 aromatic carbocycles.